The standard InChI is InChI=1S/C17H13S.ClHO4/c1-3-8-14(9-4-1)16-12-7-13-18-17(16)15-10-5-2-6-11-15;2-1(3,4)5/h1-13H;(H,2,3,4,5)/q+1;/p-1. The monoisotopic (exact) mass is 348 g/mol. The molecule has 0 aliphatic rings. The van der Waals surface area contributed by atoms with Crippen molar-refractivity contribution in [3.8, 4) is 21.6 Å². The fourth-order valence-corrected chi connectivity index (χ4v) is 2.92. The molecule has 0 amide bonds. The lowest BCUT2D eigenvalue weighted by molar-refractivity contribution is -2.00. The highest BCUT2D eigenvalue weighted by molar-refractivity contribution is 7.13. The molecule has 0 fully saturated rings. The molecule has 1 heterocycles. The van der Waals surface area contributed by atoms with Gasteiger partial charge in [-0.25, -0.2) is 18.6 Å². The van der Waals surface area contributed by atoms with Crippen LogP contribution in [-0.2, 0) is 0 Å². The van der Waals surface area contributed by atoms with Crippen LogP contribution in [0.25, 0.3) is 21.6 Å². The maximum atomic E-state index is 8.49. The first-order valence-electron chi connectivity index (χ1n) is 6.58. The van der Waals surface area contributed by atoms with Crippen molar-refractivity contribution in [3.63, 3.8) is 0 Å². The lowest BCUT2D eigenvalue weighted by atomic mass is 10.0. The molecule has 3 aromatic rings. The minimum atomic E-state index is -4.94. The zero-order valence-corrected chi connectivity index (χ0v) is 13.5. The molecule has 0 N–H and O–H groups in total. The fourth-order valence-electron chi connectivity index (χ4n) is 2.04. The van der Waals surface area contributed by atoms with Crippen molar-refractivity contribution < 1.29 is 28.9 Å². The Morgan fingerprint density at radius 3 is 1.61 bits per heavy atom. The Kier molecular flexibility index (Phi) is 6.18. The average molecular weight is 349 g/mol. The lowest BCUT2D eigenvalue weighted by Gasteiger charge is -2.17. The van der Waals surface area contributed by atoms with E-state index in [2.05, 4.69) is 78.2 Å². The molecule has 1 aromatic heterocycles. The third-order valence-electron chi connectivity index (χ3n) is 2.89. The summed E-state index contributed by atoms with van der Waals surface area (Å²) in [6.07, 6.45) is 0. The van der Waals surface area contributed by atoms with E-state index in [4.69, 9.17) is 18.6 Å². The molecule has 0 bridgehead atoms. The molecule has 3 rings (SSSR count). The Hall–Kier alpha value is -1.86. The van der Waals surface area contributed by atoms with Gasteiger partial charge in [0.15, 0.2) is 5.38 Å². The van der Waals surface area contributed by atoms with E-state index in [1.54, 1.807) is 11.3 Å². The van der Waals surface area contributed by atoms with Crippen LogP contribution >= 0.6 is 11.3 Å². The summed E-state index contributed by atoms with van der Waals surface area (Å²) >= 11 is 1.79. The van der Waals surface area contributed by atoms with Crippen LogP contribution in [-0.4, -0.2) is 0 Å². The molecule has 0 radical (unpaired) electrons. The molecule has 6 heteroatoms. The third kappa shape index (κ3) is 6.03. The molecule has 118 valence electrons. The van der Waals surface area contributed by atoms with Crippen LogP contribution in [0.1, 0.15) is 0 Å². The molecule has 0 unspecified atom stereocenters. The minimum Gasteiger partial charge on any atom is -0.222 e. The van der Waals surface area contributed by atoms with Crippen LogP contribution in [0.5, 0.6) is 0 Å². The summed E-state index contributed by atoms with van der Waals surface area (Å²) in [6.45, 7) is 0. The Balaban J connectivity index is 0.000000338. The van der Waals surface area contributed by atoms with Gasteiger partial charge in [0, 0.05) is 11.1 Å². The summed E-state index contributed by atoms with van der Waals surface area (Å²) in [4.78, 5) is 1.32. The van der Waals surface area contributed by atoms with Gasteiger partial charge in [0.1, 0.15) is 0 Å². The molecule has 0 aliphatic heterocycles. The zero-order chi connectivity index (χ0) is 16.7. The van der Waals surface area contributed by atoms with Crippen molar-refractivity contribution in [1.82, 2.24) is 0 Å². The van der Waals surface area contributed by atoms with Gasteiger partial charge in [-0.15, -0.1) is 10.2 Å². The molecule has 0 atom stereocenters. The molecule has 2 aromatic carbocycles. The summed E-state index contributed by atoms with van der Waals surface area (Å²) in [5.41, 5.74) is 3.85. The van der Waals surface area contributed by atoms with Crippen LogP contribution in [0.4, 0.5) is 0 Å². The first-order chi connectivity index (χ1) is 10.9. The molecule has 0 spiro atoms. The van der Waals surface area contributed by atoms with Gasteiger partial charge in [0.05, 0.1) is 0 Å². The molecule has 23 heavy (non-hydrogen) atoms. The minimum absolute atomic E-state index is 1.27. The van der Waals surface area contributed by atoms with Crippen molar-refractivity contribution in [2.75, 3.05) is 0 Å². The molecular weight excluding hydrogens is 336 g/mol. The van der Waals surface area contributed by atoms with Crippen LogP contribution in [0.2, 0.25) is 0 Å². The van der Waals surface area contributed by atoms with Gasteiger partial charge in [-0.05, 0) is 29.8 Å². The summed E-state index contributed by atoms with van der Waals surface area (Å²) in [6, 6.07) is 25.4. The van der Waals surface area contributed by atoms with Gasteiger partial charge in [-0.1, -0.05) is 48.5 Å². The van der Waals surface area contributed by atoms with Crippen molar-refractivity contribution in [2.24, 2.45) is 0 Å². The Morgan fingerprint density at radius 2 is 1.09 bits per heavy atom. The highest BCUT2D eigenvalue weighted by Gasteiger charge is 2.15. The van der Waals surface area contributed by atoms with Gasteiger partial charge < -0.3 is 0 Å². The second-order valence-corrected chi connectivity index (χ2v) is 6.14. The van der Waals surface area contributed by atoms with E-state index in [0.29, 0.717) is 0 Å². The van der Waals surface area contributed by atoms with Crippen LogP contribution in [0.15, 0.2) is 78.2 Å². The normalized spacial score (nSPS) is 10.6. The first-order valence-corrected chi connectivity index (χ1v) is 8.70. The number of halogens is 1. The van der Waals surface area contributed by atoms with Gasteiger partial charge in [-0.2, -0.15) is 0 Å². The Labute approximate surface area is 140 Å². The number of hydrogen-bond acceptors (Lipinski definition) is 4. The predicted octanol–water partition coefficient (Wildman–Crippen LogP) is 0.607. The second-order valence-electron chi connectivity index (χ2n) is 4.47. The van der Waals surface area contributed by atoms with E-state index in [9.17, 15) is 0 Å². The van der Waals surface area contributed by atoms with E-state index in [-0.39, 0.29) is 0 Å². The van der Waals surface area contributed by atoms with Crippen molar-refractivity contribution in [3.05, 3.63) is 78.2 Å². The molecule has 0 saturated heterocycles. The van der Waals surface area contributed by atoms with Gasteiger partial charge in [-0.3, -0.25) is 0 Å². The van der Waals surface area contributed by atoms with Crippen LogP contribution in [0.3, 0.4) is 0 Å². The first kappa shape index (κ1) is 17.5. The van der Waals surface area contributed by atoms with Crippen LogP contribution in [0, 0.1) is 10.2 Å². The van der Waals surface area contributed by atoms with E-state index in [0.717, 1.165) is 0 Å². The zero-order valence-electron chi connectivity index (χ0n) is 11.9. The maximum absolute atomic E-state index is 8.49. The second kappa shape index (κ2) is 8.12. The summed E-state index contributed by atoms with van der Waals surface area (Å²) < 4.78 is 34.0. The largest absolute Gasteiger partial charge is 0.245 e. The molecule has 4 nitrogen and oxygen atoms in total. The van der Waals surface area contributed by atoms with Gasteiger partial charge in [0.25, 0.3) is 0 Å². The molecule has 0 saturated carbocycles. The summed E-state index contributed by atoms with van der Waals surface area (Å²) in [5, 5.41) is 2.13. The summed E-state index contributed by atoms with van der Waals surface area (Å²) in [5.74, 6) is 0. The quantitative estimate of drug-likeness (QED) is 0.634. The Morgan fingerprint density at radius 1 is 0.609 bits per heavy atom. The Bertz CT molecular complexity index is 666. The highest BCUT2D eigenvalue weighted by Crippen LogP contribution is 2.34. The van der Waals surface area contributed by atoms with Crippen LogP contribution < -0.4 is 18.6 Å². The number of benzene rings is 2. The average Bonchev–Trinajstić information content (AvgIpc) is 2.55. The SMILES string of the molecule is [O-][Cl+3]([O-])([O-])[O-].c1ccc(-c2ccc[s+]c2-c2ccccc2)cc1. The van der Waals surface area contributed by atoms with E-state index < -0.39 is 10.2 Å². The number of hydrogen-bond donors (Lipinski definition) is 0. The van der Waals surface area contributed by atoms with E-state index in [1.807, 2.05) is 0 Å². The van der Waals surface area contributed by atoms with Crippen molar-refractivity contribution in [2.45, 2.75) is 0 Å². The third-order valence-corrected chi connectivity index (χ3v) is 3.88. The summed E-state index contributed by atoms with van der Waals surface area (Å²) in [7, 11) is -4.94. The number of rotatable bonds is 2. The highest BCUT2D eigenvalue weighted by atomic mass is 35.7. The van der Waals surface area contributed by atoms with Gasteiger partial charge >= 0.3 is 0 Å². The van der Waals surface area contributed by atoms with Crippen molar-refractivity contribution in [1.29, 1.82) is 0 Å². The fraction of sp³-hybridized carbons (Fsp3) is 0. The molecular formula is C17H13ClO4S. The predicted molar refractivity (Wildman–Crippen MR) is 79.6 cm³/mol. The maximum Gasteiger partial charge on any atom is 0.245 e. The van der Waals surface area contributed by atoms with Crippen molar-refractivity contribution >= 4 is 11.3 Å². The van der Waals surface area contributed by atoms with E-state index in [1.165, 1.54) is 21.6 Å². The lowest BCUT2D eigenvalue weighted by Crippen LogP contribution is -2.68. The van der Waals surface area contributed by atoms with Gasteiger partial charge in [0.2, 0.25) is 16.2 Å². The topological polar surface area (TPSA) is 92.2 Å². The smallest absolute Gasteiger partial charge is 0.222 e. The van der Waals surface area contributed by atoms with E-state index >= 15 is 0 Å². The molecule has 0 aliphatic carbocycles.